The fourth-order valence-corrected chi connectivity index (χ4v) is 9.37. The summed E-state index contributed by atoms with van der Waals surface area (Å²) in [6, 6.07) is 43.8. The van der Waals surface area contributed by atoms with Gasteiger partial charge in [-0.15, -0.1) is 11.8 Å². The third-order valence-electron chi connectivity index (χ3n) is 11.2. The minimum atomic E-state index is 0.391. The van der Waals surface area contributed by atoms with E-state index < -0.39 is 0 Å². The van der Waals surface area contributed by atoms with Crippen LogP contribution in [0.5, 0.6) is 0 Å². The second-order valence-corrected chi connectivity index (χ2v) is 15.8. The average Bonchev–Trinajstić information content (AvgIpc) is 3.70. The van der Waals surface area contributed by atoms with Crippen LogP contribution in [0.25, 0.3) is 38.1 Å². The van der Waals surface area contributed by atoms with Crippen molar-refractivity contribution in [1.82, 2.24) is 0 Å². The average molecular weight is 837 g/mol. The van der Waals surface area contributed by atoms with E-state index in [1.165, 1.54) is 59.8 Å². The summed E-state index contributed by atoms with van der Waals surface area (Å²) in [6.45, 7) is 17.2. The minimum Gasteiger partial charge on any atom is -0.397 e. The molecule has 0 radical (unpaired) electrons. The van der Waals surface area contributed by atoms with Crippen molar-refractivity contribution >= 4 is 66.9 Å². The van der Waals surface area contributed by atoms with E-state index in [-0.39, 0.29) is 0 Å². The maximum atomic E-state index is 6.52. The van der Waals surface area contributed by atoms with Crippen LogP contribution in [-0.2, 0) is 12.8 Å². The highest BCUT2D eigenvalue weighted by molar-refractivity contribution is 8.08. The number of para-hydroxylation sites is 3. The molecule has 62 heavy (non-hydrogen) atoms. The number of fused-ring (bicyclic) bond motifs is 4. The Hall–Kier alpha value is -5.77. The standard InChI is InChI=1S/C53H50N2S.3C2H6/c1-3-40-19-10-11-20-41(40)21-16-26-46-45-24-12-13-25-47(45)53(43-30-29-38-17-8-9-18-39(35-38)36-43)48-32-31-42(37-49(46)48)52(4-2)56-34-33-55(44-22-6-5-7-23-44)51-28-15-14-27-50(51)54;3*1-2/h4-25,27-32,36-39H,3,26,33-35,54H2,1-2H3;3*1-2H3/b21-16-,52-4-;;;. The predicted octanol–water partition coefficient (Wildman–Crippen LogP) is 17.1. The number of nitrogens with two attached hydrogens (primary N) is 1. The molecule has 0 spiro atoms. The van der Waals surface area contributed by atoms with E-state index in [0.717, 1.165) is 48.6 Å². The van der Waals surface area contributed by atoms with Crippen LogP contribution in [-0.4, -0.2) is 12.3 Å². The highest BCUT2D eigenvalue weighted by Crippen LogP contribution is 2.42. The summed E-state index contributed by atoms with van der Waals surface area (Å²) in [4.78, 5) is 3.62. The fourth-order valence-electron chi connectivity index (χ4n) is 8.41. The molecule has 0 saturated carbocycles. The van der Waals surface area contributed by atoms with E-state index in [1.807, 2.05) is 65.4 Å². The molecule has 0 saturated heterocycles. The van der Waals surface area contributed by atoms with Gasteiger partial charge in [0.15, 0.2) is 0 Å². The van der Waals surface area contributed by atoms with Gasteiger partial charge >= 0.3 is 0 Å². The van der Waals surface area contributed by atoms with Gasteiger partial charge in [0.1, 0.15) is 0 Å². The fraction of sp³-hybridized carbons (Fsp3) is 0.254. The Morgan fingerprint density at radius 2 is 1.37 bits per heavy atom. The lowest BCUT2D eigenvalue weighted by Gasteiger charge is -2.26. The first-order chi connectivity index (χ1) is 30.6. The van der Waals surface area contributed by atoms with Crippen LogP contribution in [0.3, 0.4) is 0 Å². The molecule has 2 nitrogen and oxygen atoms in total. The quantitative estimate of drug-likeness (QED) is 0.0983. The van der Waals surface area contributed by atoms with Crippen molar-refractivity contribution < 1.29 is 0 Å². The molecule has 6 aromatic rings. The molecular formula is C59H68N2S. The number of benzene rings is 6. The van der Waals surface area contributed by atoms with Gasteiger partial charge in [0, 0.05) is 22.9 Å². The first kappa shape index (κ1) is 47.3. The summed E-state index contributed by atoms with van der Waals surface area (Å²) in [5.74, 6) is 1.73. The lowest BCUT2D eigenvalue weighted by atomic mass is 9.85. The zero-order valence-corrected chi connectivity index (χ0v) is 39.3. The highest BCUT2D eigenvalue weighted by Gasteiger charge is 2.21. The first-order valence-electron chi connectivity index (χ1n) is 23.0. The van der Waals surface area contributed by atoms with Crippen LogP contribution in [0.4, 0.5) is 17.1 Å². The van der Waals surface area contributed by atoms with Crippen LogP contribution in [0, 0.1) is 11.8 Å². The lowest BCUT2D eigenvalue weighted by molar-refractivity contribution is 0.636. The number of aryl methyl sites for hydroxylation is 1. The number of allylic oxidation sites excluding steroid dienone is 10. The summed E-state index contributed by atoms with van der Waals surface area (Å²) < 4.78 is 0. The van der Waals surface area contributed by atoms with Crippen molar-refractivity contribution in [2.45, 2.75) is 74.7 Å². The van der Waals surface area contributed by atoms with Gasteiger partial charge in [-0.1, -0.05) is 200 Å². The van der Waals surface area contributed by atoms with Gasteiger partial charge in [-0.3, -0.25) is 0 Å². The molecule has 0 aliphatic heterocycles. The Morgan fingerprint density at radius 3 is 2.11 bits per heavy atom. The van der Waals surface area contributed by atoms with Gasteiger partial charge in [-0.05, 0) is 123 Å². The molecule has 0 heterocycles. The minimum absolute atomic E-state index is 0.391. The van der Waals surface area contributed by atoms with Gasteiger partial charge in [-0.25, -0.2) is 0 Å². The molecule has 2 N–H and O–H groups in total. The second kappa shape index (κ2) is 24.6. The van der Waals surface area contributed by atoms with Gasteiger partial charge < -0.3 is 10.6 Å². The number of thioether (sulfide) groups is 1. The molecule has 2 atom stereocenters. The normalized spacial score (nSPS) is 15.4. The Kier molecular flexibility index (Phi) is 18.8. The molecule has 6 aromatic carbocycles. The third kappa shape index (κ3) is 11.4. The maximum Gasteiger partial charge on any atom is 0.0644 e. The topological polar surface area (TPSA) is 29.3 Å². The molecule has 8 rings (SSSR count). The Labute approximate surface area is 378 Å². The van der Waals surface area contributed by atoms with Crippen molar-refractivity contribution in [3.63, 3.8) is 0 Å². The largest absolute Gasteiger partial charge is 0.397 e. The van der Waals surface area contributed by atoms with Crippen molar-refractivity contribution in [2.24, 2.45) is 11.8 Å². The van der Waals surface area contributed by atoms with Crippen LogP contribution in [0.2, 0.25) is 0 Å². The third-order valence-corrected chi connectivity index (χ3v) is 12.4. The smallest absolute Gasteiger partial charge is 0.0644 e. The van der Waals surface area contributed by atoms with E-state index in [2.05, 4.69) is 189 Å². The summed E-state index contributed by atoms with van der Waals surface area (Å²) in [5, 5.41) is 5.27. The monoisotopic (exact) mass is 837 g/mol. The van der Waals surface area contributed by atoms with Gasteiger partial charge in [0.25, 0.3) is 0 Å². The van der Waals surface area contributed by atoms with E-state index >= 15 is 0 Å². The van der Waals surface area contributed by atoms with Crippen LogP contribution in [0.1, 0.15) is 89.6 Å². The number of hydrogen-bond acceptors (Lipinski definition) is 3. The summed E-state index contributed by atoms with van der Waals surface area (Å²) in [6.07, 6.45) is 26.3. The van der Waals surface area contributed by atoms with E-state index in [9.17, 15) is 0 Å². The molecule has 0 aromatic heterocycles. The number of nitrogens with zero attached hydrogens (tertiary/aromatic N) is 1. The summed E-state index contributed by atoms with van der Waals surface area (Å²) in [7, 11) is 0. The molecular weight excluding hydrogens is 769 g/mol. The van der Waals surface area contributed by atoms with Crippen LogP contribution < -0.4 is 10.6 Å². The zero-order valence-electron chi connectivity index (χ0n) is 38.4. The molecule has 2 aliphatic carbocycles. The highest BCUT2D eigenvalue weighted by atomic mass is 32.2. The van der Waals surface area contributed by atoms with Gasteiger partial charge in [0.2, 0.25) is 0 Å². The van der Waals surface area contributed by atoms with E-state index in [1.54, 1.807) is 0 Å². The molecule has 2 unspecified atom stereocenters. The molecule has 0 amide bonds. The maximum absolute atomic E-state index is 6.52. The number of hydrogen-bond donors (Lipinski definition) is 1. The van der Waals surface area contributed by atoms with Crippen LogP contribution in [0.15, 0.2) is 176 Å². The van der Waals surface area contributed by atoms with Crippen molar-refractivity contribution in [2.75, 3.05) is 22.9 Å². The zero-order chi connectivity index (χ0) is 44.3. The first-order valence-corrected chi connectivity index (χ1v) is 24.0. The Balaban J connectivity index is 0.00000116. The van der Waals surface area contributed by atoms with Crippen molar-refractivity contribution in [3.8, 4) is 0 Å². The Bertz CT molecular complexity index is 2530. The summed E-state index contributed by atoms with van der Waals surface area (Å²) >= 11 is 1.91. The number of anilines is 3. The number of nitrogen functional groups attached to an aromatic ring is 1. The van der Waals surface area contributed by atoms with Gasteiger partial charge in [0.05, 0.1) is 11.4 Å². The molecule has 0 fully saturated rings. The van der Waals surface area contributed by atoms with Crippen molar-refractivity contribution in [1.29, 1.82) is 0 Å². The Morgan fingerprint density at radius 1 is 0.710 bits per heavy atom. The SMILES string of the molecule is C/C=C(\SCCN(c1ccccc1)c1ccccc1N)c1ccc2c(C3=CC4C=CC=CC(C=C3)C4)c3ccccc3c(C/C=C\c3ccccc3CC)c2c1.CC.CC.CC. The summed E-state index contributed by atoms with van der Waals surface area (Å²) in [5.41, 5.74) is 17.4. The van der Waals surface area contributed by atoms with Crippen LogP contribution >= 0.6 is 11.8 Å². The lowest BCUT2D eigenvalue weighted by Crippen LogP contribution is -2.21. The second-order valence-electron chi connectivity index (χ2n) is 14.7. The van der Waals surface area contributed by atoms with Crippen molar-refractivity contribution in [3.05, 3.63) is 204 Å². The van der Waals surface area contributed by atoms with Gasteiger partial charge in [-0.2, -0.15) is 0 Å². The predicted molar refractivity (Wildman–Crippen MR) is 281 cm³/mol. The molecule has 2 bridgehead atoms. The van der Waals surface area contributed by atoms with E-state index in [4.69, 9.17) is 5.73 Å². The number of rotatable bonds is 12. The molecule has 320 valence electrons. The van der Waals surface area contributed by atoms with E-state index in [0.29, 0.717) is 11.8 Å². The molecule has 3 heteroatoms. The molecule has 2 aliphatic rings.